The number of nitrogens with zero attached hydrogens (tertiary/aromatic N) is 5. The lowest BCUT2D eigenvalue weighted by Crippen LogP contribution is -2.49. The van der Waals surface area contributed by atoms with Gasteiger partial charge in [-0.2, -0.15) is 0 Å². The molecule has 1 aromatic heterocycles. The van der Waals surface area contributed by atoms with Gasteiger partial charge in [0.05, 0.1) is 40.8 Å². The zero-order valence-corrected chi connectivity index (χ0v) is 35.5. The molecule has 15 heteroatoms. The lowest BCUT2D eigenvalue weighted by molar-refractivity contribution is -0.384. The van der Waals surface area contributed by atoms with Crippen molar-refractivity contribution < 1.29 is 22.8 Å². The topological polar surface area (TPSA) is 152 Å². The molecule has 2 N–H and O–H groups in total. The average molecular weight is 860 g/mol. The summed E-state index contributed by atoms with van der Waals surface area (Å²) in [5.74, 6) is 0.751. The number of nitro groups is 1. The molecular weight excluding hydrogens is 811 g/mol. The number of benzene rings is 5. The van der Waals surface area contributed by atoms with E-state index in [2.05, 4.69) is 78.3 Å². The highest BCUT2D eigenvalue weighted by Crippen LogP contribution is 2.37. The molecule has 0 aliphatic carbocycles. The quantitative estimate of drug-likeness (QED) is 0.0394. The molecule has 3 heterocycles. The van der Waals surface area contributed by atoms with E-state index in [1.54, 1.807) is 11.8 Å². The van der Waals surface area contributed by atoms with E-state index in [-0.39, 0.29) is 27.7 Å². The van der Waals surface area contributed by atoms with Crippen LogP contribution in [0.4, 0.5) is 22.9 Å². The summed E-state index contributed by atoms with van der Waals surface area (Å²) in [4.78, 5) is 25.8. The van der Waals surface area contributed by atoms with Crippen LogP contribution in [0.3, 0.4) is 0 Å². The second kappa shape index (κ2) is 19.4. The van der Waals surface area contributed by atoms with Crippen molar-refractivity contribution in [1.29, 1.82) is 0 Å². The third-order valence-electron chi connectivity index (χ3n) is 11.3. The van der Waals surface area contributed by atoms with Crippen LogP contribution in [0, 0.1) is 10.1 Å². The normalized spacial score (nSPS) is 15.7. The Kier molecular flexibility index (Phi) is 13.4. The molecule has 316 valence electrons. The Bertz CT molecular complexity index is 2540. The average Bonchev–Trinajstić information content (AvgIpc) is 3.29. The number of nitro benzene ring substituents is 1. The number of rotatable bonds is 17. The number of hydrogen-bond acceptors (Lipinski definition) is 12. The van der Waals surface area contributed by atoms with Gasteiger partial charge in [-0.1, -0.05) is 72.8 Å². The summed E-state index contributed by atoms with van der Waals surface area (Å²) < 4.78 is 42.4. The van der Waals surface area contributed by atoms with Gasteiger partial charge in [-0.25, -0.2) is 18.4 Å². The molecule has 8 rings (SSSR count). The third-order valence-corrected chi connectivity index (χ3v) is 13.7. The largest absolute Gasteiger partial charge is 0.379 e. The summed E-state index contributed by atoms with van der Waals surface area (Å²) in [6, 6.07) is 38.5. The van der Waals surface area contributed by atoms with Gasteiger partial charge in [-0.15, -0.1) is 11.8 Å². The van der Waals surface area contributed by atoms with Crippen molar-refractivity contribution in [1.82, 2.24) is 14.9 Å². The van der Waals surface area contributed by atoms with Gasteiger partial charge >= 0.3 is 0 Å². The molecule has 5 aromatic carbocycles. The fraction of sp³-hybridized carbons (Fsp3) is 0.304. The summed E-state index contributed by atoms with van der Waals surface area (Å²) in [6.45, 7) is 6.80. The van der Waals surface area contributed by atoms with Crippen molar-refractivity contribution >= 4 is 55.6 Å². The monoisotopic (exact) mass is 859 g/mol. The molecule has 0 radical (unpaired) electrons. The lowest BCUT2D eigenvalue weighted by atomic mass is 9.82. The van der Waals surface area contributed by atoms with E-state index in [0.717, 1.165) is 81.8 Å². The molecule has 0 bridgehead atoms. The Morgan fingerprint density at radius 3 is 2.36 bits per heavy atom. The first-order chi connectivity index (χ1) is 29.8. The molecule has 13 nitrogen and oxygen atoms in total. The van der Waals surface area contributed by atoms with Gasteiger partial charge in [-0.05, 0) is 72.0 Å². The Hall–Kier alpha value is -5.58. The zero-order chi connectivity index (χ0) is 42.1. The van der Waals surface area contributed by atoms with E-state index in [1.807, 2.05) is 54.6 Å². The highest BCUT2D eigenvalue weighted by Gasteiger charge is 2.37. The molecule has 0 saturated carbocycles. The summed E-state index contributed by atoms with van der Waals surface area (Å²) in [6.07, 6.45) is 3.75. The van der Waals surface area contributed by atoms with Gasteiger partial charge in [0.15, 0.2) is 5.82 Å². The minimum atomic E-state index is -4.25. The molecular formula is C46H49N7O6S2. The van der Waals surface area contributed by atoms with Crippen LogP contribution in [0.5, 0.6) is 0 Å². The number of fused-ring (bicyclic) bond motifs is 1. The Balaban J connectivity index is 0.956. The number of thioether (sulfide) groups is 1. The molecule has 2 aliphatic rings. The van der Waals surface area contributed by atoms with Crippen molar-refractivity contribution in [3.63, 3.8) is 0 Å². The van der Waals surface area contributed by atoms with Crippen molar-refractivity contribution in [2.45, 2.75) is 34.7 Å². The second-order valence-corrected chi connectivity index (χ2v) is 18.1. The van der Waals surface area contributed by atoms with Gasteiger partial charge in [-0.3, -0.25) is 19.7 Å². The van der Waals surface area contributed by atoms with Crippen LogP contribution in [0.1, 0.15) is 18.4 Å². The van der Waals surface area contributed by atoms with E-state index < -0.39 is 14.9 Å². The fourth-order valence-corrected chi connectivity index (χ4v) is 9.88. The number of sulfonamides is 1. The first kappa shape index (κ1) is 42.1. The molecule has 0 amide bonds. The van der Waals surface area contributed by atoms with Gasteiger partial charge in [0.25, 0.3) is 15.7 Å². The minimum absolute atomic E-state index is 0.0859. The van der Waals surface area contributed by atoms with Gasteiger partial charge < -0.3 is 19.7 Å². The van der Waals surface area contributed by atoms with Crippen LogP contribution in [0.25, 0.3) is 22.0 Å². The van der Waals surface area contributed by atoms with E-state index in [9.17, 15) is 18.5 Å². The minimum Gasteiger partial charge on any atom is -0.379 e. The molecule has 61 heavy (non-hydrogen) atoms. The van der Waals surface area contributed by atoms with Crippen molar-refractivity contribution in [3.8, 4) is 11.1 Å². The highest BCUT2D eigenvalue weighted by molar-refractivity contribution is 7.99. The van der Waals surface area contributed by atoms with Crippen molar-refractivity contribution in [2.24, 2.45) is 0 Å². The SMILES string of the molecule is O=[N+]([O-])c1cc(S(=O)(=O)Nc2ncnc3cc(N4CCC(Cc5ccccc5-c5ccccc5)(OCCN5CCOCC5)CC4)ccc23)ccc1NCCSc1ccccc1. The molecule has 2 aliphatic heterocycles. The van der Waals surface area contributed by atoms with E-state index in [0.29, 0.717) is 29.8 Å². The molecule has 0 spiro atoms. The Morgan fingerprint density at radius 2 is 1.59 bits per heavy atom. The number of ether oxygens (including phenoxy) is 2. The van der Waals surface area contributed by atoms with Crippen LogP contribution >= 0.6 is 11.8 Å². The standard InChI is InChI=1S/C46H49N7O6S2/c54-53(55)44-32-39(16-18-42(44)47-21-30-60-38-12-5-2-6-13-38)61(56,57)50-45-41-17-15-37(31-43(41)48-34-49-45)52-22-19-46(20-23-52,59-29-26-51-24-27-58-28-25-51)33-36-11-7-8-14-40(36)35-9-3-1-4-10-35/h1-18,31-32,34,47H,19-30,33H2,(H,48,49,50). The van der Waals surface area contributed by atoms with Crippen LogP contribution in [0.15, 0.2) is 137 Å². The maximum atomic E-state index is 13.7. The lowest BCUT2D eigenvalue weighted by Gasteiger charge is -2.43. The summed E-state index contributed by atoms with van der Waals surface area (Å²) in [5, 5.41) is 15.6. The summed E-state index contributed by atoms with van der Waals surface area (Å²) in [5.41, 5.74) is 4.76. The van der Waals surface area contributed by atoms with E-state index in [4.69, 9.17) is 9.47 Å². The molecule has 2 fully saturated rings. The summed E-state index contributed by atoms with van der Waals surface area (Å²) in [7, 11) is -4.25. The fourth-order valence-electron chi connectivity index (χ4n) is 8.04. The highest BCUT2D eigenvalue weighted by atomic mass is 32.2. The number of hydrogen-bond donors (Lipinski definition) is 2. The Labute approximate surface area is 360 Å². The van der Waals surface area contributed by atoms with Gasteiger partial charge in [0.2, 0.25) is 0 Å². The van der Waals surface area contributed by atoms with Crippen molar-refractivity contribution in [2.75, 3.05) is 79.8 Å². The third kappa shape index (κ3) is 10.5. The van der Waals surface area contributed by atoms with Crippen molar-refractivity contribution in [3.05, 3.63) is 143 Å². The summed E-state index contributed by atoms with van der Waals surface area (Å²) >= 11 is 1.62. The number of anilines is 3. The maximum Gasteiger partial charge on any atom is 0.293 e. The van der Waals surface area contributed by atoms with E-state index >= 15 is 0 Å². The Morgan fingerprint density at radius 1 is 0.852 bits per heavy atom. The maximum absolute atomic E-state index is 13.7. The number of morpholine rings is 1. The van der Waals surface area contributed by atoms with Gasteiger partial charge in [0.1, 0.15) is 12.0 Å². The predicted octanol–water partition coefficient (Wildman–Crippen LogP) is 8.14. The van der Waals surface area contributed by atoms with E-state index in [1.165, 1.54) is 35.2 Å². The number of piperidine rings is 1. The molecule has 0 unspecified atom stereocenters. The van der Waals surface area contributed by atoms with Crippen LogP contribution in [0.2, 0.25) is 0 Å². The molecule has 6 aromatic rings. The van der Waals surface area contributed by atoms with Crippen LogP contribution in [-0.2, 0) is 25.9 Å². The first-order valence-electron chi connectivity index (χ1n) is 20.6. The van der Waals surface area contributed by atoms with Crippen LogP contribution < -0.4 is 14.9 Å². The zero-order valence-electron chi connectivity index (χ0n) is 33.8. The number of aromatic nitrogens is 2. The van der Waals surface area contributed by atoms with Gasteiger partial charge in [0, 0.05) is 73.5 Å². The predicted molar refractivity (Wildman–Crippen MR) is 242 cm³/mol. The second-order valence-electron chi connectivity index (χ2n) is 15.2. The molecule has 0 atom stereocenters. The van der Waals surface area contributed by atoms with Crippen LogP contribution in [-0.4, -0.2) is 98.7 Å². The molecule has 2 saturated heterocycles. The smallest absolute Gasteiger partial charge is 0.293 e. The first-order valence-corrected chi connectivity index (χ1v) is 23.0. The number of nitrogens with one attached hydrogen (secondary N) is 2.